The molecule has 1 aliphatic heterocycles. The average Bonchev–Trinajstić information content (AvgIpc) is 2.75. The van der Waals surface area contributed by atoms with Gasteiger partial charge in [0.1, 0.15) is 5.82 Å². The first-order chi connectivity index (χ1) is 8.15. The molecule has 1 fully saturated rings. The third kappa shape index (κ3) is 2.67. The van der Waals surface area contributed by atoms with Gasteiger partial charge in [-0.2, -0.15) is 0 Å². The van der Waals surface area contributed by atoms with E-state index in [9.17, 15) is 4.39 Å². The minimum atomic E-state index is -0.193. The first kappa shape index (κ1) is 12.5. The number of rotatable bonds is 4. The van der Waals surface area contributed by atoms with Gasteiger partial charge in [0.15, 0.2) is 0 Å². The van der Waals surface area contributed by atoms with Crippen LogP contribution in [0.1, 0.15) is 38.3 Å². The van der Waals surface area contributed by atoms with E-state index in [0.717, 1.165) is 31.6 Å². The molecule has 1 aromatic carbocycles. The summed E-state index contributed by atoms with van der Waals surface area (Å²) in [4.78, 5) is 0. The van der Waals surface area contributed by atoms with Crippen molar-refractivity contribution >= 4 is 0 Å². The molecule has 1 aromatic rings. The van der Waals surface area contributed by atoms with Gasteiger partial charge in [0, 0.05) is 6.61 Å². The van der Waals surface area contributed by atoms with Crippen LogP contribution in [0.2, 0.25) is 0 Å². The molecule has 1 heterocycles. The number of benzene rings is 1. The number of nitrogens with one attached hydrogen (secondary N) is 1. The molecule has 2 nitrogen and oxygen atoms in total. The van der Waals surface area contributed by atoms with Gasteiger partial charge in [0.2, 0.25) is 0 Å². The fraction of sp³-hybridized carbons (Fsp3) is 0.571. The van der Waals surface area contributed by atoms with Gasteiger partial charge in [0.25, 0.3) is 0 Å². The van der Waals surface area contributed by atoms with Crippen molar-refractivity contribution in [3.8, 4) is 0 Å². The molecule has 3 heteroatoms. The summed E-state index contributed by atoms with van der Waals surface area (Å²) in [6, 6.07) is 6.84. The Hall–Kier alpha value is -0.930. The van der Waals surface area contributed by atoms with Crippen LogP contribution in [0.25, 0.3) is 0 Å². The van der Waals surface area contributed by atoms with Gasteiger partial charge in [-0.3, -0.25) is 0 Å². The Bertz CT molecular complexity index is 357. The number of halogens is 1. The van der Waals surface area contributed by atoms with Crippen LogP contribution in [0, 0.1) is 5.82 Å². The van der Waals surface area contributed by atoms with Crippen molar-refractivity contribution in [1.29, 1.82) is 0 Å². The maximum Gasteiger partial charge on any atom is 0.123 e. The largest absolute Gasteiger partial charge is 0.373 e. The molecule has 2 atom stereocenters. The molecular weight excluding hydrogens is 217 g/mol. The maximum absolute atomic E-state index is 13.0. The van der Waals surface area contributed by atoms with E-state index in [2.05, 4.69) is 19.2 Å². The molecule has 1 saturated heterocycles. The van der Waals surface area contributed by atoms with E-state index in [1.54, 1.807) is 0 Å². The van der Waals surface area contributed by atoms with Gasteiger partial charge >= 0.3 is 0 Å². The fourth-order valence-electron chi connectivity index (χ4n) is 2.57. The van der Waals surface area contributed by atoms with Gasteiger partial charge in [-0.15, -0.1) is 0 Å². The molecule has 0 bridgehead atoms. The zero-order valence-corrected chi connectivity index (χ0v) is 10.5. The summed E-state index contributed by atoms with van der Waals surface area (Å²) in [6.07, 6.45) is 2.14. The highest BCUT2D eigenvalue weighted by molar-refractivity contribution is 5.23. The molecule has 0 saturated carbocycles. The number of ether oxygens (including phenoxy) is 1. The molecule has 2 rings (SSSR count). The van der Waals surface area contributed by atoms with Crippen LogP contribution in [-0.2, 0) is 4.74 Å². The Morgan fingerprint density at radius 3 is 2.65 bits per heavy atom. The standard InChI is InChI=1S/C14H20FNO/c1-3-16-13(14(2)9-4-10-17-14)11-5-7-12(15)8-6-11/h5-8,13,16H,3-4,9-10H2,1-2H3. The topological polar surface area (TPSA) is 21.3 Å². The van der Waals surface area contributed by atoms with Crippen LogP contribution < -0.4 is 5.32 Å². The summed E-state index contributed by atoms with van der Waals surface area (Å²) in [6.45, 7) is 5.91. The van der Waals surface area contributed by atoms with Crippen molar-refractivity contribution in [3.63, 3.8) is 0 Å². The lowest BCUT2D eigenvalue weighted by molar-refractivity contribution is -0.0121. The summed E-state index contributed by atoms with van der Waals surface area (Å²) in [7, 11) is 0. The first-order valence-electron chi connectivity index (χ1n) is 6.28. The molecule has 0 spiro atoms. The van der Waals surface area contributed by atoms with Gasteiger partial charge in [0.05, 0.1) is 11.6 Å². The number of likely N-dealkylation sites (N-methyl/N-ethyl adjacent to an activating group) is 1. The van der Waals surface area contributed by atoms with Crippen LogP contribution in [0.4, 0.5) is 4.39 Å². The monoisotopic (exact) mass is 237 g/mol. The highest BCUT2D eigenvalue weighted by atomic mass is 19.1. The first-order valence-corrected chi connectivity index (χ1v) is 6.28. The Kier molecular flexibility index (Phi) is 3.79. The minimum Gasteiger partial charge on any atom is -0.373 e. The lowest BCUT2D eigenvalue weighted by Crippen LogP contribution is -2.41. The Balaban J connectivity index is 2.24. The number of hydrogen-bond donors (Lipinski definition) is 1. The zero-order chi connectivity index (χ0) is 12.3. The van der Waals surface area contributed by atoms with Crippen molar-refractivity contribution in [1.82, 2.24) is 5.32 Å². The van der Waals surface area contributed by atoms with Crippen LogP contribution in [-0.4, -0.2) is 18.8 Å². The van der Waals surface area contributed by atoms with Gasteiger partial charge in [-0.1, -0.05) is 19.1 Å². The molecular formula is C14H20FNO. The van der Waals surface area contributed by atoms with Gasteiger partial charge in [-0.05, 0) is 44.0 Å². The van der Waals surface area contributed by atoms with Crippen LogP contribution in [0.3, 0.4) is 0 Å². The summed E-state index contributed by atoms with van der Waals surface area (Å²) in [5.74, 6) is -0.193. The van der Waals surface area contributed by atoms with E-state index in [0.29, 0.717) is 0 Å². The second-order valence-corrected chi connectivity index (χ2v) is 4.81. The Morgan fingerprint density at radius 2 is 2.12 bits per heavy atom. The van der Waals surface area contributed by atoms with Gasteiger partial charge in [-0.25, -0.2) is 4.39 Å². The third-order valence-electron chi connectivity index (χ3n) is 3.47. The van der Waals surface area contributed by atoms with E-state index < -0.39 is 0 Å². The van der Waals surface area contributed by atoms with E-state index >= 15 is 0 Å². The van der Waals surface area contributed by atoms with Crippen molar-refractivity contribution in [2.75, 3.05) is 13.2 Å². The normalized spacial score (nSPS) is 26.1. The van der Waals surface area contributed by atoms with Crippen LogP contribution in [0.15, 0.2) is 24.3 Å². The second kappa shape index (κ2) is 5.15. The van der Waals surface area contributed by atoms with Crippen molar-refractivity contribution in [3.05, 3.63) is 35.6 Å². The Morgan fingerprint density at radius 1 is 1.41 bits per heavy atom. The predicted octanol–water partition coefficient (Wildman–Crippen LogP) is 3.05. The van der Waals surface area contributed by atoms with E-state index in [4.69, 9.17) is 4.74 Å². The molecule has 0 amide bonds. The SMILES string of the molecule is CCNC(c1ccc(F)cc1)C1(C)CCCO1. The predicted molar refractivity (Wildman–Crippen MR) is 66.4 cm³/mol. The summed E-state index contributed by atoms with van der Waals surface area (Å²) in [5.41, 5.74) is 0.922. The number of hydrogen-bond acceptors (Lipinski definition) is 2. The highest BCUT2D eigenvalue weighted by Crippen LogP contribution is 2.37. The van der Waals surface area contributed by atoms with Gasteiger partial charge < -0.3 is 10.1 Å². The quantitative estimate of drug-likeness (QED) is 0.869. The Labute approximate surface area is 102 Å². The van der Waals surface area contributed by atoms with E-state index in [-0.39, 0.29) is 17.5 Å². The third-order valence-corrected chi connectivity index (χ3v) is 3.47. The van der Waals surface area contributed by atoms with E-state index in [1.165, 1.54) is 12.1 Å². The molecule has 1 N–H and O–H groups in total. The van der Waals surface area contributed by atoms with Crippen LogP contribution in [0.5, 0.6) is 0 Å². The van der Waals surface area contributed by atoms with Crippen molar-refractivity contribution in [2.45, 2.75) is 38.3 Å². The molecule has 17 heavy (non-hydrogen) atoms. The maximum atomic E-state index is 13.0. The van der Waals surface area contributed by atoms with E-state index in [1.807, 2.05) is 12.1 Å². The van der Waals surface area contributed by atoms with Crippen LogP contribution >= 0.6 is 0 Å². The lowest BCUT2D eigenvalue weighted by atomic mass is 9.87. The average molecular weight is 237 g/mol. The summed E-state index contributed by atoms with van der Waals surface area (Å²) < 4.78 is 18.8. The summed E-state index contributed by atoms with van der Waals surface area (Å²) in [5, 5.41) is 3.45. The molecule has 0 aliphatic carbocycles. The van der Waals surface area contributed by atoms with Crippen molar-refractivity contribution < 1.29 is 9.13 Å². The molecule has 94 valence electrons. The second-order valence-electron chi connectivity index (χ2n) is 4.81. The molecule has 1 aliphatic rings. The molecule has 0 aromatic heterocycles. The van der Waals surface area contributed by atoms with Crippen molar-refractivity contribution in [2.24, 2.45) is 0 Å². The minimum absolute atomic E-state index is 0.135. The fourth-order valence-corrected chi connectivity index (χ4v) is 2.57. The molecule has 0 radical (unpaired) electrons. The summed E-state index contributed by atoms with van der Waals surface area (Å²) >= 11 is 0. The highest BCUT2D eigenvalue weighted by Gasteiger charge is 2.38. The zero-order valence-electron chi connectivity index (χ0n) is 10.5. The smallest absolute Gasteiger partial charge is 0.123 e. The lowest BCUT2D eigenvalue weighted by Gasteiger charge is -2.34. The molecule has 2 unspecified atom stereocenters.